The lowest BCUT2D eigenvalue weighted by Gasteiger charge is -2.31. The summed E-state index contributed by atoms with van der Waals surface area (Å²) in [4.78, 5) is 7.53. The van der Waals surface area contributed by atoms with Crippen molar-refractivity contribution in [1.82, 2.24) is 4.98 Å². The molecule has 0 radical (unpaired) electrons. The number of hydrogen-bond donors (Lipinski definition) is 1. The Hall–Kier alpha value is -1.61. The van der Waals surface area contributed by atoms with Crippen LogP contribution in [0, 0.1) is 0 Å². The third-order valence-corrected chi connectivity index (χ3v) is 4.70. The van der Waals surface area contributed by atoms with Crippen molar-refractivity contribution in [3.8, 4) is 0 Å². The van der Waals surface area contributed by atoms with E-state index in [4.69, 9.17) is 10.7 Å². The topological polar surface area (TPSA) is 42.2 Å². The van der Waals surface area contributed by atoms with Gasteiger partial charge in [-0.25, -0.2) is 4.98 Å². The molecule has 112 valence electrons. The molecule has 21 heavy (non-hydrogen) atoms. The van der Waals surface area contributed by atoms with Gasteiger partial charge in [-0.1, -0.05) is 25.1 Å². The van der Waals surface area contributed by atoms with Crippen molar-refractivity contribution in [3.63, 3.8) is 0 Å². The van der Waals surface area contributed by atoms with Crippen molar-refractivity contribution < 1.29 is 0 Å². The van der Waals surface area contributed by atoms with Crippen molar-refractivity contribution in [3.05, 3.63) is 35.9 Å². The molecule has 3 heteroatoms. The molecule has 0 bridgehead atoms. The molecule has 3 nitrogen and oxygen atoms in total. The van der Waals surface area contributed by atoms with Crippen LogP contribution in [-0.4, -0.2) is 23.6 Å². The predicted octanol–water partition coefficient (Wildman–Crippen LogP) is 3.50. The normalized spacial score (nSPS) is 22.1. The molecule has 2 unspecified atom stereocenters. The van der Waals surface area contributed by atoms with E-state index in [0.717, 1.165) is 17.8 Å². The van der Waals surface area contributed by atoms with Gasteiger partial charge in [0.1, 0.15) is 5.82 Å². The molecular formula is C18H25N3. The standard InChI is InChI=1S/C18H25N3/c1-3-16-9-8-13(2)21(16)18-15(10-11-19)12-14-6-4-5-7-17(14)20-18/h4-7,12-13,16H,3,8-11,19H2,1-2H3. The number of para-hydroxylation sites is 1. The summed E-state index contributed by atoms with van der Waals surface area (Å²) in [5.41, 5.74) is 8.21. The average molecular weight is 283 g/mol. The zero-order valence-electron chi connectivity index (χ0n) is 13.0. The summed E-state index contributed by atoms with van der Waals surface area (Å²) in [6.07, 6.45) is 4.61. The van der Waals surface area contributed by atoms with Gasteiger partial charge in [-0.05, 0) is 56.8 Å². The number of nitrogens with zero attached hydrogens (tertiary/aromatic N) is 2. The van der Waals surface area contributed by atoms with Crippen molar-refractivity contribution in [1.29, 1.82) is 0 Å². The van der Waals surface area contributed by atoms with E-state index in [0.29, 0.717) is 18.6 Å². The van der Waals surface area contributed by atoms with Crippen LogP contribution >= 0.6 is 0 Å². The smallest absolute Gasteiger partial charge is 0.133 e. The third kappa shape index (κ3) is 2.62. The largest absolute Gasteiger partial charge is 0.351 e. The summed E-state index contributed by atoms with van der Waals surface area (Å²) in [5, 5.41) is 1.21. The van der Waals surface area contributed by atoms with Crippen molar-refractivity contribution in [2.45, 2.75) is 51.6 Å². The first-order valence-electron chi connectivity index (χ1n) is 8.11. The molecule has 3 rings (SSSR count). The predicted molar refractivity (Wildman–Crippen MR) is 89.8 cm³/mol. The van der Waals surface area contributed by atoms with Gasteiger partial charge in [-0.3, -0.25) is 0 Å². The second kappa shape index (κ2) is 6.02. The highest BCUT2D eigenvalue weighted by Gasteiger charge is 2.31. The quantitative estimate of drug-likeness (QED) is 0.933. The number of hydrogen-bond acceptors (Lipinski definition) is 3. The number of anilines is 1. The number of rotatable bonds is 4. The molecular weight excluding hydrogens is 258 g/mol. The maximum absolute atomic E-state index is 5.83. The molecule has 2 heterocycles. The number of benzene rings is 1. The summed E-state index contributed by atoms with van der Waals surface area (Å²) >= 11 is 0. The van der Waals surface area contributed by atoms with Gasteiger partial charge in [0.2, 0.25) is 0 Å². The van der Waals surface area contributed by atoms with E-state index in [2.05, 4.69) is 49.1 Å². The van der Waals surface area contributed by atoms with Crippen LogP contribution in [0.25, 0.3) is 10.9 Å². The first-order chi connectivity index (χ1) is 10.2. The molecule has 0 saturated carbocycles. The Bertz CT molecular complexity index is 623. The highest BCUT2D eigenvalue weighted by atomic mass is 15.3. The van der Waals surface area contributed by atoms with Gasteiger partial charge in [-0.15, -0.1) is 0 Å². The number of pyridine rings is 1. The molecule has 0 amide bonds. The lowest BCUT2D eigenvalue weighted by molar-refractivity contribution is 0.619. The Labute approximate surface area is 127 Å². The zero-order chi connectivity index (χ0) is 14.8. The minimum atomic E-state index is 0.570. The Balaban J connectivity index is 2.12. The van der Waals surface area contributed by atoms with Crippen LogP contribution in [0.1, 0.15) is 38.7 Å². The second-order valence-electron chi connectivity index (χ2n) is 6.10. The molecule has 0 aliphatic carbocycles. The minimum Gasteiger partial charge on any atom is -0.351 e. The van der Waals surface area contributed by atoms with Gasteiger partial charge in [-0.2, -0.15) is 0 Å². The highest BCUT2D eigenvalue weighted by molar-refractivity contribution is 5.82. The van der Waals surface area contributed by atoms with Crippen LogP contribution in [0.4, 0.5) is 5.82 Å². The van der Waals surface area contributed by atoms with Crippen LogP contribution in [0.2, 0.25) is 0 Å². The molecule has 1 aromatic carbocycles. The van der Waals surface area contributed by atoms with E-state index in [1.165, 1.54) is 30.2 Å². The van der Waals surface area contributed by atoms with Crippen molar-refractivity contribution in [2.75, 3.05) is 11.4 Å². The van der Waals surface area contributed by atoms with Gasteiger partial charge in [0.15, 0.2) is 0 Å². The molecule has 0 spiro atoms. The summed E-state index contributed by atoms with van der Waals surface area (Å²) in [6.45, 7) is 5.27. The number of aromatic nitrogens is 1. The summed E-state index contributed by atoms with van der Waals surface area (Å²) in [7, 11) is 0. The van der Waals surface area contributed by atoms with Crippen LogP contribution < -0.4 is 10.6 Å². The zero-order valence-corrected chi connectivity index (χ0v) is 13.0. The fraction of sp³-hybridized carbons (Fsp3) is 0.500. The third-order valence-electron chi connectivity index (χ3n) is 4.70. The van der Waals surface area contributed by atoms with Gasteiger partial charge in [0.05, 0.1) is 5.52 Å². The maximum Gasteiger partial charge on any atom is 0.133 e. The van der Waals surface area contributed by atoms with Crippen LogP contribution in [0.5, 0.6) is 0 Å². The van der Waals surface area contributed by atoms with E-state index in [1.807, 2.05) is 0 Å². The van der Waals surface area contributed by atoms with Crippen molar-refractivity contribution >= 4 is 16.7 Å². The Morgan fingerprint density at radius 3 is 2.86 bits per heavy atom. The summed E-state index contributed by atoms with van der Waals surface area (Å²) in [6, 6.07) is 11.8. The maximum atomic E-state index is 5.83. The molecule has 2 N–H and O–H groups in total. The van der Waals surface area contributed by atoms with E-state index < -0.39 is 0 Å². The molecule has 1 fully saturated rings. The molecule has 1 aliphatic heterocycles. The van der Waals surface area contributed by atoms with Gasteiger partial charge in [0.25, 0.3) is 0 Å². The minimum absolute atomic E-state index is 0.570. The number of nitrogens with two attached hydrogens (primary N) is 1. The molecule has 2 aromatic rings. The SMILES string of the molecule is CCC1CCC(C)N1c1nc2ccccc2cc1CCN. The van der Waals surface area contributed by atoms with Gasteiger partial charge in [0, 0.05) is 17.5 Å². The van der Waals surface area contributed by atoms with E-state index in [1.54, 1.807) is 0 Å². The Kier molecular flexibility index (Phi) is 4.11. The fourth-order valence-corrected chi connectivity index (χ4v) is 3.57. The molecule has 1 aliphatic rings. The van der Waals surface area contributed by atoms with Crippen LogP contribution in [0.15, 0.2) is 30.3 Å². The fourth-order valence-electron chi connectivity index (χ4n) is 3.57. The summed E-state index contributed by atoms with van der Waals surface area (Å²) < 4.78 is 0. The summed E-state index contributed by atoms with van der Waals surface area (Å²) in [5.74, 6) is 1.16. The van der Waals surface area contributed by atoms with Gasteiger partial charge >= 0.3 is 0 Å². The van der Waals surface area contributed by atoms with E-state index in [9.17, 15) is 0 Å². The first kappa shape index (κ1) is 14.3. The Morgan fingerprint density at radius 1 is 1.29 bits per heavy atom. The van der Waals surface area contributed by atoms with Gasteiger partial charge < -0.3 is 10.6 Å². The van der Waals surface area contributed by atoms with E-state index >= 15 is 0 Å². The molecule has 1 saturated heterocycles. The lowest BCUT2D eigenvalue weighted by atomic mass is 10.1. The molecule has 2 atom stereocenters. The van der Waals surface area contributed by atoms with E-state index in [-0.39, 0.29) is 0 Å². The first-order valence-corrected chi connectivity index (χ1v) is 8.11. The highest BCUT2D eigenvalue weighted by Crippen LogP contribution is 2.34. The van der Waals surface area contributed by atoms with Crippen LogP contribution in [0.3, 0.4) is 0 Å². The molecule has 1 aromatic heterocycles. The Morgan fingerprint density at radius 2 is 2.10 bits per heavy atom. The lowest BCUT2D eigenvalue weighted by Crippen LogP contribution is -2.35. The van der Waals surface area contributed by atoms with Crippen molar-refractivity contribution in [2.24, 2.45) is 5.73 Å². The number of fused-ring (bicyclic) bond motifs is 1. The monoisotopic (exact) mass is 283 g/mol. The second-order valence-corrected chi connectivity index (χ2v) is 6.10. The average Bonchev–Trinajstić information content (AvgIpc) is 2.88. The van der Waals surface area contributed by atoms with Crippen LogP contribution in [-0.2, 0) is 6.42 Å².